The van der Waals surface area contributed by atoms with E-state index < -0.39 is 10.0 Å². The van der Waals surface area contributed by atoms with Gasteiger partial charge in [0.05, 0.1) is 18.6 Å². The number of aromatic hydroxyl groups is 1. The molecule has 2 rings (SSSR count). The molecule has 6 nitrogen and oxygen atoms in total. The molecule has 1 fully saturated rings. The molecule has 1 aliphatic rings. The van der Waals surface area contributed by atoms with Crippen LogP contribution in [0.2, 0.25) is 0 Å². The summed E-state index contributed by atoms with van der Waals surface area (Å²) in [7, 11) is -3.09. The van der Waals surface area contributed by atoms with Gasteiger partial charge in [-0.05, 0) is 18.8 Å². The van der Waals surface area contributed by atoms with Crippen LogP contribution in [0.15, 0.2) is 12.4 Å². The summed E-state index contributed by atoms with van der Waals surface area (Å²) in [5.74, 6) is 0.401. The number of sulfonamides is 1. The Balaban J connectivity index is 1.98. The first-order valence-corrected chi connectivity index (χ1v) is 7.46. The molecule has 1 atom stereocenters. The van der Waals surface area contributed by atoms with Crippen molar-refractivity contribution in [2.45, 2.75) is 19.4 Å². The maximum atomic E-state index is 11.5. The Kier molecular flexibility index (Phi) is 3.39. The Morgan fingerprint density at radius 3 is 2.94 bits per heavy atom. The van der Waals surface area contributed by atoms with E-state index in [9.17, 15) is 13.5 Å². The fourth-order valence-corrected chi connectivity index (χ4v) is 3.14. The van der Waals surface area contributed by atoms with Crippen molar-refractivity contribution in [3.05, 3.63) is 12.4 Å². The predicted molar refractivity (Wildman–Crippen MR) is 63.0 cm³/mol. The summed E-state index contributed by atoms with van der Waals surface area (Å²) >= 11 is 0. The summed E-state index contributed by atoms with van der Waals surface area (Å²) < 4.78 is 26.1. The first-order chi connectivity index (χ1) is 7.95. The predicted octanol–water partition coefficient (Wildman–Crippen LogP) is 0.260. The van der Waals surface area contributed by atoms with E-state index in [0.29, 0.717) is 19.6 Å². The Morgan fingerprint density at radius 2 is 2.35 bits per heavy atom. The normalized spacial score (nSPS) is 22.8. The van der Waals surface area contributed by atoms with Gasteiger partial charge in [0.25, 0.3) is 0 Å². The van der Waals surface area contributed by atoms with Gasteiger partial charge in [0.2, 0.25) is 10.0 Å². The number of hydrogen-bond acceptors (Lipinski definition) is 4. The van der Waals surface area contributed by atoms with Crippen molar-refractivity contribution in [1.82, 2.24) is 14.1 Å². The zero-order valence-electron chi connectivity index (χ0n) is 9.78. The molecule has 1 aliphatic heterocycles. The minimum atomic E-state index is -3.09. The van der Waals surface area contributed by atoms with Crippen molar-refractivity contribution < 1.29 is 13.5 Å². The molecule has 0 bridgehead atoms. The number of hydrogen-bond donors (Lipinski definition) is 1. The highest BCUT2D eigenvalue weighted by Gasteiger charge is 2.26. The molecule has 2 heterocycles. The van der Waals surface area contributed by atoms with Gasteiger partial charge in [-0.25, -0.2) is 12.7 Å². The molecule has 17 heavy (non-hydrogen) atoms. The van der Waals surface area contributed by atoms with Crippen LogP contribution in [0, 0.1) is 5.92 Å². The molecule has 7 heteroatoms. The third-order valence-corrected chi connectivity index (χ3v) is 4.29. The van der Waals surface area contributed by atoms with Gasteiger partial charge >= 0.3 is 0 Å². The summed E-state index contributed by atoms with van der Waals surface area (Å²) in [6.45, 7) is 1.80. The summed E-state index contributed by atoms with van der Waals surface area (Å²) in [5.41, 5.74) is 0. The zero-order valence-corrected chi connectivity index (χ0v) is 10.6. The van der Waals surface area contributed by atoms with Crippen molar-refractivity contribution in [2.24, 2.45) is 5.92 Å². The molecule has 1 unspecified atom stereocenters. The molecule has 1 aromatic heterocycles. The van der Waals surface area contributed by atoms with E-state index in [4.69, 9.17) is 0 Å². The lowest BCUT2D eigenvalue weighted by molar-refractivity contribution is 0.240. The Bertz CT molecular complexity index is 483. The molecule has 0 amide bonds. The molecule has 0 aromatic carbocycles. The molecule has 0 saturated carbocycles. The lowest BCUT2D eigenvalue weighted by Crippen LogP contribution is -2.40. The second kappa shape index (κ2) is 4.66. The highest BCUT2D eigenvalue weighted by molar-refractivity contribution is 7.88. The zero-order chi connectivity index (χ0) is 12.5. The number of nitrogens with zero attached hydrogens (tertiary/aromatic N) is 3. The maximum absolute atomic E-state index is 11.5. The molecule has 96 valence electrons. The van der Waals surface area contributed by atoms with E-state index in [1.54, 1.807) is 10.9 Å². The number of rotatable bonds is 3. The summed E-state index contributed by atoms with van der Waals surface area (Å²) in [4.78, 5) is 0. The second-order valence-corrected chi connectivity index (χ2v) is 6.53. The molecule has 1 aromatic rings. The van der Waals surface area contributed by atoms with Gasteiger partial charge in [-0.15, -0.1) is 0 Å². The molecular formula is C10H17N3O3S. The molecule has 0 spiro atoms. The van der Waals surface area contributed by atoms with E-state index in [1.165, 1.54) is 16.8 Å². The van der Waals surface area contributed by atoms with Crippen molar-refractivity contribution in [1.29, 1.82) is 0 Å². The van der Waals surface area contributed by atoms with E-state index in [-0.39, 0.29) is 11.7 Å². The second-order valence-electron chi connectivity index (χ2n) is 4.55. The van der Waals surface area contributed by atoms with Gasteiger partial charge < -0.3 is 5.11 Å². The van der Waals surface area contributed by atoms with Crippen LogP contribution in [0.1, 0.15) is 12.8 Å². The van der Waals surface area contributed by atoms with Gasteiger partial charge in [-0.1, -0.05) is 0 Å². The molecule has 1 saturated heterocycles. The van der Waals surface area contributed by atoms with Crippen LogP contribution in [0.25, 0.3) is 0 Å². The third-order valence-electron chi connectivity index (χ3n) is 3.02. The van der Waals surface area contributed by atoms with E-state index in [2.05, 4.69) is 5.10 Å². The molecule has 1 N–H and O–H groups in total. The van der Waals surface area contributed by atoms with Gasteiger partial charge in [-0.2, -0.15) is 5.10 Å². The average Bonchev–Trinajstić information content (AvgIpc) is 2.63. The topological polar surface area (TPSA) is 75.4 Å². The molecule has 0 radical (unpaired) electrons. The van der Waals surface area contributed by atoms with Crippen LogP contribution in [0.3, 0.4) is 0 Å². The first-order valence-electron chi connectivity index (χ1n) is 5.61. The Hall–Kier alpha value is -1.08. The fraction of sp³-hybridized carbons (Fsp3) is 0.700. The van der Waals surface area contributed by atoms with Gasteiger partial charge in [0.15, 0.2) is 5.75 Å². The van der Waals surface area contributed by atoms with Crippen LogP contribution in [0.5, 0.6) is 5.75 Å². The van der Waals surface area contributed by atoms with Crippen molar-refractivity contribution >= 4 is 10.0 Å². The third kappa shape index (κ3) is 3.19. The highest BCUT2D eigenvalue weighted by atomic mass is 32.2. The van der Waals surface area contributed by atoms with Crippen molar-refractivity contribution in [3.63, 3.8) is 0 Å². The van der Waals surface area contributed by atoms with Crippen LogP contribution >= 0.6 is 0 Å². The summed E-state index contributed by atoms with van der Waals surface area (Å²) in [6, 6.07) is 0. The molecular weight excluding hydrogens is 242 g/mol. The van der Waals surface area contributed by atoms with Crippen molar-refractivity contribution in [2.75, 3.05) is 19.3 Å². The SMILES string of the molecule is CS(=O)(=O)N1CCCC(Cn2cc(O)cn2)C1. The standard InChI is InChI=1S/C10H17N3O3S/c1-17(15,16)13-4-2-3-9(7-13)6-12-8-10(14)5-11-12/h5,8-9,14H,2-4,6-7H2,1H3. The highest BCUT2D eigenvalue weighted by Crippen LogP contribution is 2.20. The van der Waals surface area contributed by atoms with Crippen LogP contribution in [0.4, 0.5) is 0 Å². The van der Waals surface area contributed by atoms with Crippen molar-refractivity contribution in [3.8, 4) is 5.75 Å². The molecule has 0 aliphatic carbocycles. The van der Waals surface area contributed by atoms with Crippen LogP contribution in [-0.2, 0) is 16.6 Å². The maximum Gasteiger partial charge on any atom is 0.211 e. The van der Waals surface area contributed by atoms with E-state index in [0.717, 1.165) is 12.8 Å². The summed E-state index contributed by atoms with van der Waals surface area (Å²) in [5, 5.41) is 13.2. The Morgan fingerprint density at radius 1 is 1.59 bits per heavy atom. The van der Waals surface area contributed by atoms with Crippen LogP contribution in [-0.4, -0.2) is 47.0 Å². The minimum Gasteiger partial charge on any atom is -0.505 e. The van der Waals surface area contributed by atoms with E-state index >= 15 is 0 Å². The number of piperidine rings is 1. The van der Waals surface area contributed by atoms with Gasteiger partial charge in [-0.3, -0.25) is 4.68 Å². The first kappa shape index (κ1) is 12.4. The smallest absolute Gasteiger partial charge is 0.211 e. The summed E-state index contributed by atoms with van der Waals surface area (Å²) in [6.07, 6.45) is 6.06. The monoisotopic (exact) mass is 259 g/mol. The average molecular weight is 259 g/mol. The lowest BCUT2D eigenvalue weighted by atomic mass is 10.00. The Labute approximate surface area is 101 Å². The fourth-order valence-electron chi connectivity index (χ4n) is 2.19. The largest absolute Gasteiger partial charge is 0.505 e. The number of aromatic nitrogens is 2. The van der Waals surface area contributed by atoms with Crippen LogP contribution < -0.4 is 0 Å². The quantitative estimate of drug-likeness (QED) is 0.845. The lowest BCUT2D eigenvalue weighted by Gasteiger charge is -2.30. The van der Waals surface area contributed by atoms with Gasteiger partial charge in [0.1, 0.15) is 0 Å². The van der Waals surface area contributed by atoms with Gasteiger partial charge in [0, 0.05) is 19.6 Å². The minimum absolute atomic E-state index is 0.140. The van der Waals surface area contributed by atoms with E-state index in [1.807, 2.05) is 0 Å².